The molecule has 0 spiro atoms. The molecular weight excluding hydrogens is 583 g/mol. The van der Waals surface area contributed by atoms with Crippen molar-refractivity contribution in [3.63, 3.8) is 0 Å². The number of unbranched alkanes of at least 4 members (excludes halogenated alkanes) is 23. The fourth-order valence-electron chi connectivity index (χ4n) is 5.77. The Morgan fingerprint density at radius 3 is 1.40 bits per heavy atom. The molecule has 1 unspecified atom stereocenters. The van der Waals surface area contributed by atoms with Crippen LogP contribution in [0.1, 0.15) is 181 Å². The van der Waals surface area contributed by atoms with Crippen molar-refractivity contribution in [2.75, 3.05) is 47.4 Å². The third kappa shape index (κ3) is 33.7. The van der Waals surface area contributed by atoms with Gasteiger partial charge in [-0.25, -0.2) is 0 Å². The van der Waals surface area contributed by atoms with Crippen molar-refractivity contribution < 1.29 is 28.1 Å². The van der Waals surface area contributed by atoms with Gasteiger partial charge in [0.05, 0.1) is 39.9 Å². The summed E-state index contributed by atoms with van der Waals surface area (Å²) < 4.78 is 23.3. The molecule has 0 bridgehead atoms. The van der Waals surface area contributed by atoms with E-state index in [-0.39, 0.29) is 13.2 Å². The highest BCUT2D eigenvalue weighted by molar-refractivity contribution is 7.45. The minimum Gasteiger partial charge on any atom is -0.756 e. The zero-order chi connectivity index (χ0) is 33.5. The predicted molar refractivity (Wildman–Crippen MR) is 192 cm³/mol. The molecule has 7 nitrogen and oxygen atoms in total. The van der Waals surface area contributed by atoms with Crippen LogP contribution in [0.5, 0.6) is 0 Å². The molecule has 0 rings (SSSR count). The van der Waals surface area contributed by atoms with Gasteiger partial charge in [0.25, 0.3) is 7.82 Å². The summed E-state index contributed by atoms with van der Waals surface area (Å²) in [4.78, 5) is 12.4. The average Bonchev–Trinajstić information content (AvgIpc) is 2.98. The fraction of sp³-hybridized carbons (Fsp3) is 1.00. The lowest BCUT2D eigenvalue weighted by Crippen LogP contribution is -2.44. The van der Waals surface area contributed by atoms with Gasteiger partial charge in [-0.3, -0.25) is 4.57 Å². The number of quaternary nitrogens is 1. The highest BCUT2D eigenvalue weighted by atomic mass is 31.2. The summed E-state index contributed by atoms with van der Waals surface area (Å²) in [5.74, 6) is 0. The molecule has 0 fully saturated rings. The van der Waals surface area contributed by atoms with Crippen molar-refractivity contribution in [3.05, 3.63) is 0 Å². The van der Waals surface area contributed by atoms with Crippen LogP contribution < -0.4 is 10.2 Å². The van der Waals surface area contributed by atoms with Gasteiger partial charge >= 0.3 is 0 Å². The highest BCUT2D eigenvalue weighted by Gasteiger charge is 2.22. The van der Waals surface area contributed by atoms with E-state index in [1.54, 1.807) is 0 Å². The Labute approximate surface area is 281 Å². The molecule has 0 aliphatic heterocycles. The summed E-state index contributed by atoms with van der Waals surface area (Å²) in [6.45, 7) is 5.85. The Balaban J connectivity index is 4.29. The van der Waals surface area contributed by atoms with Crippen LogP contribution in [0.25, 0.3) is 0 Å². The largest absolute Gasteiger partial charge is 0.756 e. The molecule has 0 amide bonds. The number of aliphatic hydroxyl groups excluding tert-OH is 1. The van der Waals surface area contributed by atoms with E-state index in [1.165, 1.54) is 135 Å². The van der Waals surface area contributed by atoms with Gasteiger partial charge in [-0.15, -0.1) is 0 Å². The minimum absolute atomic E-state index is 0.0861. The smallest absolute Gasteiger partial charge is 0.268 e. The lowest BCUT2D eigenvalue weighted by molar-refractivity contribution is -0.870. The van der Waals surface area contributed by atoms with Gasteiger partial charge < -0.3 is 28.8 Å². The summed E-state index contributed by atoms with van der Waals surface area (Å²) >= 11 is 0. The maximum absolute atomic E-state index is 12.4. The number of nitrogens with one attached hydrogen (secondary N) is 1. The molecule has 0 saturated heterocycles. The van der Waals surface area contributed by atoms with Crippen LogP contribution in [0.15, 0.2) is 0 Å². The zero-order valence-electron chi connectivity index (χ0n) is 30.8. The van der Waals surface area contributed by atoms with Crippen molar-refractivity contribution in [1.82, 2.24) is 5.32 Å². The summed E-state index contributed by atoms with van der Waals surface area (Å²) in [7, 11) is 1.55. The molecule has 2 N–H and O–H groups in total. The van der Waals surface area contributed by atoms with Crippen molar-refractivity contribution >= 4 is 7.82 Å². The molecular formula is C37H79N2O5P. The van der Waals surface area contributed by atoms with E-state index in [9.17, 15) is 14.6 Å². The van der Waals surface area contributed by atoms with E-state index >= 15 is 0 Å². The second-order valence-corrected chi connectivity index (χ2v) is 16.0. The van der Waals surface area contributed by atoms with Gasteiger partial charge in [0.1, 0.15) is 13.2 Å². The van der Waals surface area contributed by atoms with Gasteiger partial charge in [-0.2, -0.15) is 0 Å². The van der Waals surface area contributed by atoms with Crippen molar-refractivity contribution in [2.45, 2.75) is 193 Å². The first-order valence-electron chi connectivity index (χ1n) is 19.4. The highest BCUT2D eigenvalue weighted by Crippen LogP contribution is 2.38. The number of likely N-dealkylation sites (N-methyl/N-ethyl adjacent to an activating group) is 1. The Bertz CT molecular complexity index is 661. The van der Waals surface area contributed by atoms with Gasteiger partial charge in [-0.05, 0) is 19.4 Å². The third-order valence-electron chi connectivity index (χ3n) is 8.93. The van der Waals surface area contributed by atoms with Crippen molar-refractivity contribution in [1.29, 1.82) is 0 Å². The second kappa shape index (κ2) is 31.3. The molecule has 45 heavy (non-hydrogen) atoms. The Morgan fingerprint density at radius 1 is 0.622 bits per heavy atom. The molecule has 0 aromatic rings. The van der Waals surface area contributed by atoms with Crippen LogP contribution in [-0.2, 0) is 13.6 Å². The average molecular weight is 663 g/mol. The zero-order valence-corrected chi connectivity index (χ0v) is 31.7. The van der Waals surface area contributed by atoms with Gasteiger partial charge in [-0.1, -0.05) is 168 Å². The quantitative estimate of drug-likeness (QED) is 0.0394. The number of hydrogen-bond acceptors (Lipinski definition) is 6. The number of phosphoric acid groups is 1. The standard InChI is InChI=1S/C37H79N2O5P/c1-6-8-10-12-14-16-18-20-21-23-25-27-29-31-37(40)36(35-44-45(41,42)43-34-33-39(3,4)5)38-32-30-28-26-24-22-19-17-15-13-11-9-7-2/h36-38,40H,6-35H2,1-5H3/t36-,37+/m1/s1. The monoisotopic (exact) mass is 663 g/mol. The summed E-state index contributed by atoms with van der Waals surface area (Å²) in [5, 5.41) is 14.4. The van der Waals surface area contributed by atoms with E-state index in [0.717, 1.165) is 32.2 Å². The van der Waals surface area contributed by atoms with Crippen molar-refractivity contribution in [2.24, 2.45) is 0 Å². The number of nitrogens with zero attached hydrogens (tertiary/aromatic N) is 1. The van der Waals surface area contributed by atoms with Crippen LogP contribution in [0.4, 0.5) is 0 Å². The molecule has 0 heterocycles. The first kappa shape index (κ1) is 45.0. The maximum atomic E-state index is 12.4. The lowest BCUT2D eigenvalue weighted by atomic mass is 10.0. The SMILES string of the molecule is CCCCCCCCCCCCCCC[C@H](O)[C@@H](COP(=O)([O-])OCC[N+](C)(C)C)NCCCCCCCCCCCCCC. The normalized spacial score (nSPS) is 14.9. The van der Waals surface area contributed by atoms with E-state index in [2.05, 4.69) is 19.2 Å². The van der Waals surface area contributed by atoms with Crippen LogP contribution in [0, 0.1) is 0 Å². The summed E-state index contributed by atoms with van der Waals surface area (Å²) in [6, 6.07) is -0.417. The minimum atomic E-state index is -4.42. The molecule has 8 heteroatoms. The van der Waals surface area contributed by atoms with Crippen molar-refractivity contribution in [3.8, 4) is 0 Å². The number of rotatable bonds is 36. The third-order valence-corrected chi connectivity index (χ3v) is 9.89. The Kier molecular flexibility index (Phi) is 31.3. The van der Waals surface area contributed by atoms with Crippen LogP contribution in [0.3, 0.4) is 0 Å². The van der Waals surface area contributed by atoms with E-state index in [4.69, 9.17) is 9.05 Å². The summed E-state index contributed by atoms with van der Waals surface area (Å²) in [6.07, 6.45) is 32.4. The van der Waals surface area contributed by atoms with Crippen LogP contribution in [-0.4, -0.2) is 69.2 Å². The first-order valence-corrected chi connectivity index (χ1v) is 20.9. The number of aliphatic hydroxyl groups is 1. The number of phosphoric ester groups is 1. The molecule has 3 atom stereocenters. The van der Waals surface area contributed by atoms with Crippen LogP contribution in [0.2, 0.25) is 0 Å². The first-order chi connectivity index (χ1) is 21.6. The Morgan fingerprint density at radius 2 is 1.00 bits per heavy atom. The van der Waals surface area contributed by atoms with E-state index in [0.29, 0.717) is 17.4 Å². The fourth-order valence-corrected chi connectivity index (χ4v) is 6.49. The molecule has 0 aliphatic rings. The molecule has 0 aliphatic carbocycles. The maximum Gasteiger partial charge on any atom is 0.268 e. The lowest BCUT2D eigenvalue weighted by Gasteiger charge is -2.30. The van der Waals surface area contributed by atoms with E-state index < -0.39 is 20.0 Å². The van der Waals surface area contributed by atoms with E-state index in [1.807, 2.05) is 21.1 Å². The molecule has 0 aromatic heterocycles. The van der Waals surface area contributed by atoms with Gasteiger partial charge in [0.15, 0.2) is 0 Å². The predicted octanol–water partition coefficient (Wildman–Crippen LogP) is 9.70. The number of hydrogen-bond donors (Lipinski definition) is 2. The summed E-state index contributed by atoms with van der Waals surface area (Å²) in [5.41, 5.74) is 0. The molecule has 272 valence electrons. The topological polar surface area (TPSA) is 90.9 Å². The Hall–Kier alpha value is -0.0100. The van der Waals surface area contributed by atoms with Gasteiger partial charge in [0.2, 0.25) is 0 Å². The molecule has 0 aromatic carbocycles. The molecule has 0 radical (unpaired) electrons. The van der Waals surface area contributed by atoms with Crippen LogP contribution >= 0.6 is 7.82 Å². The molecule has 0 saturated carbocycles. The second-order valence-electron chi connectivity index (χ2n) is 14.6. The van der Waals surface area contributed by atoms with Gasteiger partial charge in [0, 0.05) is 0 Å².